The van der Waals surface area contributed by atoms with E-state index in [1.165, 1.54) is 0 Å². The fourth-order valence-corrected chi connectivity index (χ4v) is 3.04. The van der Waals surface area contributed by atoms with E-state index in [-0.39, 0.29) is 5.75 Å². The summed E-state index contributed by atoms with van der Waals surface area (Å²) in [5.41, 5.74) is 4.74. The summed E-state index contributed by atoms with van der Waals surface area (Å²) in [6.07, 6.45) is 4.13. The second-order valence-electron chi connectivity index (χ2n) is 6.29. The molecule has 5 heteroatoms. The number of para-hydroxylation sites is 2. The van der Waals surface area contributed by atoms with Crippen LogP contribution in [0.1, 0.15) is 5.69 Å². The molecule has 25 heavy (non-hydrogen) atoms. The summed E-state index contributed by atoms with van der Waals surface area (Å²) in [5.74, 6) is 0.222. The van der Waals surface area contributed by atoms with Crippen LogP contribution in [0.5, 0.6) is 5.75 Å². The van der Waals surface area contributed by atoms with Crippen molar-refractivity contribution in [2.75, 3.05) is 18.6 Å². The van der Waals surface area contributed by atoms with Crippen molar-refractivity contribution in [3.05, 3.63) is 72.7 Å². The van der Waals surface area contributed by atoms with Crippen molar-refractivity contribution in [3.63, 3.8) is 0 Å². The van der Waals surface area contributed by atoms with Crippen LogP contribution in [-0.2, 0) is 0 Å². The van der Waals surface area contributed by atoms with Crippen LogP contribution in [-0.4, -0.2) is 33.5 Å². The second kappa shape index (κ2) is 6.02. The van der Waals surface area contributed by atoms with Gasteiger partial charge in [0, 0.05) is 36.4 Å². The van der Waals surface area contributed by atoms with Crippen LogP contribution in [0, 0.1) is 6.92 Å². The second-order valence-corrected chi connectivity index (χ2v) is 6.29. The Labute approximate surface area is 147 Å². The molecule has 2 heterocycles. The quantitative estimate of drug-likeness (QED) is 0.794. The lowest BCUT2D eigenvalue weighted by molar-refractivity contribution is 0.470. The van der Waals surface area contributed by atoms with Gasteiger partial charge in [-0.05, 0) is 37.3 Å². The van der Waals surface area contributed by atoms with Gasteiger partial charge in [-0.15, -0.1) is 0 Å². The fraction of sp³-hybridized carbons (Fsp3) is 0.150. The number of aromatic nitrogens is 2. The normalized spacial score (nSPS) is 13.7. The zero-order chi connectivity index (χ0) is 17.4. The van der Waals surface area contributed by atoms with E-state index in [1.54, 1.807) is 10.7 Å². The van der Waals surface area contributed by atoms with Gasteiger partial charge >= 0.3 is 0 Å². The first-order valence-corrected chi connectivity index (χ1v) is 8.22. The standard InChI is InChI=1S/C20H20N4O/c1-15-12-18(21-24(15)19-8-3-4-9-20(19)25)16-6-5-7-17(13-16)23-11-10-22(2)14-23/h3-13,25H,14H2,1-2H3. The Bertz CT molecular complexity index is 944. The molecule has 5 nitrogen and oxygen atoms in total. The summed E-state index contributed by atoms with van der Waals surface area (Å²) < 4.78 is 1.78. The predicted octanol–water partition coefficient (Wildman–Crippen LogP) is 3.73. The van der Waals surface area contributed by atoms with E-state index < -0.39 is 0 Å². The third kappa shape index (κ3) is 2.85. The molecule has 1 aromatic heterocycles. The fourth-order valence-electron chi connectivity index (χ4n) is 3.04. The van der Waals surface area contributed by atoms with Crippen LogP contribution >= 0.6 is 0 Å². The molecule has 0 unspecified atom stereocenters. The zero-order valence-electron chi connectivity index (χ0n) is 14.3. The van der Waals surface area contributed by atoms with E-state index in [9.17, 15) is 5.11 Å². The molecule has 1 N–H and O–H groups in total. The van der Waals surface area contributed by atoms with Gasteiger partial charge in [0.1, 0.15) is 11.4 Å². The molecule has 0 saturated heterocycles. The van der Waals surface area contributed by atoms with Crippen molar-refractivity contribution < 1.29 is 5.11 Å². The lowest BCUT2D eigenvalue weighted by Gasteiger charge is -2.18. The summed E-state index contributed by atoms with van der Waals surface area (Å²) in [4.78, 5) is 4.32. The van der Waals surface area contributed by atoms with E-state index in [4.69, 9.17) is 5.10 Å². The molecule has 0 radical (unpaired) electrons. The Balaban J connectivity index is 1.71. The van der Waals surface area contributed by atoms with Crippen molar-refractivity contribution in [1.82, 2.24) is 14.7 Å². The lowest BCUT2D eigenvalue weighted by atomic mass is 10.1. The van der Waals surface area contributed by atoms with Gasteiger partial charge in [0.25, 0.3) is 0 Å². The number of nitrogens with zero attached hydrogens (tertiary/aromatic N) is 4. The summed E-state index contributed by atoms with van der Waals surface area (Å²) in [7, 11) is 2.05. The highest BCUT2D eigenvalue weighted by molar-refractivity contribution is 5.67. The number of aromatic hydroxyl groups is 1. The maximum absolute atomic E-state index is 10.1. The molecule has 0 amide bonds. The Morgan fingerprint density at radius 1 is 1.00 bits per heavy atom. The monoisotopic (exact) mass is 332 g/mol. The number of phenolic OH excluding ortho intramolecular Hbond substituents is 1. The molecule has 0 fully saturated rings. The SMILES string of the molecule is Cc1cc(-c2cccc(N3C=CN(C)C3)c2)nn1-c1ccccc1O. The largest absolute Gasteiger partial charge is 0.506 e. The summed E-state index contributed by atoms with van der Waals surface area (Å²) >= 11 is 0. The molecule has 0 atom stereocenters. The Hall–Kier alpha value is -3.21. The van der Waals surface area contributed by atoms with Crippen molar-refractivity contribution in [1.29, 1.82) is 0 Å². The van der Waals surface area contributed by atoms with Crippen LogP contribution in [0.25, 0.3) is 16.9 Å². The first-order chi connectivity index (χ1) is 12.1. The molecule has 2 aromatic carbocycles. The minimum absolute atomic E-state index is 0.222. The smallest absolute Gasteiger partial charge is 0.141 e. The van der Waals surface area contributed by atoms with Crippen LogP contribution in [0.15, 0.2) is 67.0 Å². The van der Waals surface area contributed by atoms with Crippen molar-refractivity contribution in [2.24, 2.45) is 0 Å². The van der Waals surface area contributed by atoms with Gasteiger partial charge in [0.2, 0.25) is 0 Å². The molecule has 126 valence electrons. The first kappa shape index (κ1) is 15.3. The molecular formula is C20H20N4O. The molecule has 0 spiro atoms. The molecule has 4 rings (SSSR count). The van der Waals surface area contributed by atoms with E-state index in [1.807, 2.05) is 37.3 Å². The highest BCUT2D eigenvalue weighted by Crippen LogP contribution is 2.28. The minimum Gasteiger partial charge on any atom is -0.506 e. The van der Waals surface area contributed by atoms with Crippen LogP contribution in [0.4, 0.5) is 5.69 Å². The maximum atomic E-state index is 10.1. The summed E-state index contributed by atoms with van der Waals surface area (Å²) in [6.45, 7) is 2.83. The number of hydrogen-bond acceptors (Lipinski definition) is 4. The average Bonchev–Trinajstić information content (AvgIpc) is 3.22. The van der Waals surface area contributed by atoms with Gasteiger partial charge in [0.05, 0.1) is 12.4 Å². The van der Waals surface area contributed by atoms with Crippen LogP contribution < -0.4 is 4.90 Å². The third-order valence-electron chi connectivity index (χ3n) is 4.35. The minimum atomic E-state index is 0.222. The third-order valence-corrected chi connectivity index (χ3v) is 4.35. The highest BCUT2D eigenvalue weighted by atomic mass is 16.3. The summed E-state index contributed by atoms with van der Waals surface area (Å²) in [5, 5.41) is 14.8. The lowest BCUT2D eigenvalue weighted by Crippen LogP contribution is -2.21. The Morgan fingerprint density at radius 3 is 2.60 bits per heavy atom. The summed E-state index contributed by atoms with van der Waals surface area (Å²) in [6, 6.07) is 17.6. The molecule has 1 aliphatic heterocycles. The topological polar surface area (TPSA) is 44.5 Å². The van der Waals surface area contributed by atoms with Gasteiger partial charge in [0.15, 0.2) is 0 Å². The van der Waals surface area contributed by atoms with Crippen molar-refractivity contribution >= 4 is 5.69 Å². The van der Waals surface area contributed by atoms with Gasteiger partial charge in [-0.1, -0.05) is 24.3 Å². The van der Waals surface area contributed by atoms with Crippen molar-refractivity contribution in [2.45, 2.75) is 6.92 Å². The Morgan fingerprint density at radius 2 is 1.84 bits per heavy atom. The molecule has 0 aliphatic carbocycles. The van der Waals surface area contributed by atoms with E-state index >= 15 is 0 Å². The van der Waals surface area contributed by atoms with Crippen LogP contribution in [0.3, 0.4) is 0 Å². The van der Waals surface area contributed by atoms with E-state index in [2.05, 4.69) is 47.4 Å². The first-order valence-electron chi connectivity index (χ1n) is 8.22. The van der Waals surface area contributed by atoms with Crippen LogP contribution in [0.2, 0.25) is 0 Å². The van der Waals surface area contributed by atoms with E-state index in [0.29, 0.717) is 5.69 Å². The van der Waals surface area contributed by atoms with Crippen molar-refractivity contribution in [3.8, 4) is 22.7 Å². The number of rotatable bonds is 3. The molecule has 0 bridgehead atoms. The van der Waals surface area contributed by atoms with Gasteiger partial charge < -0.3 is 14.9 Å². The zero-order valence-corrected chi connectivity index (χ0v) is 14.3. The number of anilines is 1. The number of phenols is 1. The van der Waals surface area contributed by atoms with E-state index in [0.717, 1.165) is 29.3 Å². The highest BCUT2D eigenvalue weighted by Gasteiger charge is 2.14. The molecular weight excluding hydrogens is 312 g/mol. The van der Waals surface area contributed by atoms with Gasteiger partial charge in [-0.3, -0.25) is 0 Å². The predicted molar refractivity (Wildman–Crippen MR) is 99.7 cm³/mol. The average molecular weight is 332 g/mol. The molecule has 0 saturated carbocycles. The molecule has 3 aromatic rings. The van der Waals surface area contributed by atoms with Gasteiger partial charge in [-0.2, -0.15) is 5.10 Å². The number of hydrogen-bond donors (Lipinski definition) is 1. The number of aryl methyl sites for hydroxylation is 1. The number of benzene rings is 2. The maximum Gasteiger partial charge on any atom is 0.141 e. The Kier molecular flexibility index (Phi) is 3.69. The van der Waals surface area contributed by atoms with Gasteiger partial charge in [-0.25, -0.2) is 4.68 Å². The molecule has 1 aliphatic rings.